The van der Waals surface area contributed by atoms with Crippen molar-refractivity contribution < 1.29 is 19.4 Å². The number of nitrogens with one attached hydrogen (secondary N) is 1. The average molecular weight is 318 g/mol. The third kappa shape index (κ3) is 3.22. The molecule has 0 aliphatic heterocycles. The molecule has 0 saturated heterocycles. The van der Waals surface area contributed by atoms with Crippen molar-refractivity contribution in [3.63, 3.8) is 0 Å². The Morgan fingerprint density at radius 2 is 2.11 bits per heavy atom. The van der Waals surface area contributed by atoms with Crippen molar-refractivity contribution in [3.05, 3.63) is 28.2 Å². The molecule has 0 fully saturated rings. The number of hydrogen-bond acceptors (Lipinski definition) is 5. The zero-order valence-electron chi connectivity index (χ0n) is 10.4. The van der Waals surface area contributed by atoms with Crippen molar-refractivity contribution >= 4 is 21.9 Å². The van der Waals surface area contributed by atoms with Crippen LogP contribution in [-0.2, 0) is 9.53 Å². The van der Waals surface area contributed by atoms with E-state index in [1.165, 1.54) is 7.11 Å². The Hall–Kier alpha value is -1.11. The van der Waals surface area contributed by atoms with Gasteiger partial charge in [-0.25, -0.2) is 0 Å². The third-order valence-corrected chi connectivity index (χ3v) is 3.22. The van der Waals surface area contributed by atoms with Gasteiger partial charge < -0.3 is 19.9 Å². The molecule has 1 rings (SSSR count). The van der Waals surface area contributed by atoms with Crippen LogP contribution >= 0.6 is 15.9 Å². The Labute approximate surface area is 114 Å². The van der Waals surface area contributed by atoms with Crippen LogP contribution in [0.3, 0.4) is 0 Å². The van der Waals surface area contributed by atoms with Crippen molar-refractivity contribution in [2.45, 2.75) is 12.1 Å². The van der Waals surface area contributed by atoms with Crippen LogP contribution < -0.4 is 10.1 Å². The van der Waals surface area contributed by atoms with Gasteiger partial charge in [-0.05, 0) is 40.7 Å². The first-order valence-electron chi connectivity index (χ1n) is 5.31. The molecule has 18 heavy (non-hydrogen) atoms. The molecule has 0 spiro atoms. The first-order chi connectivity index (χ1) is 8.54. The number of carbonyl (C=O) groups is 1. The second-order valence-corrected chi connectivity index (χ2v) is 4.48. The van der Waals surface area contributed by atoms with Gasteiger partial charge in [0.2, 0.25) is 0 Å². The van der Waals surface area contributed by atoms with E-state index < -0.39 is 18.1 Å². The molecule has 2 N–H and O–H groups in total. The number of methoxy groups -OCH3 is 2. The molecule has 0 amide bonds. The van der Waals surface area contributed by atoms with E-state index in [4.69, 9.17) is 4.74 Å². The van der Waals surface area contributed by atoms with Crippen LogP contribution in [0.1, 0.15) is 11.7 Å². The van der Waals surface area contributed by atoms with Crippen LogP contribution in [0.2, 0.25) is 0 Å². The van der Waals surface area contributed by atoms with Crippen LogP contribution in [0.15, 0.2) is 22.7 Å². The molecule has 0 heterocycles. The van der Waals surface area contributed by atoms with Crippen LogP contribution in [0, 0.1) is 0 Å². The molecule has 100 valence electrons. The Kier molecular flexibility index (Phi) is 5.58. The zero-order valence-corrected chi connectivity index (χ0v) is 12.0. The Morgan fingerprint density at radius 1 is 1.44 bits per heavy atom. The van der Waals surface area contributed by atoms with Gasteiger partial charge in [-0.15, -0.1) is 0 Å². The number of benzene rings is 1. The lowest BCUT2D eigenvalue weighted by molar-refractivity contribution is -0.146. The molecule has 6 heteroatoms. The topological polar surface area (TPSA) is 67.8 Å². The summed E-state index contributed by atoms with van der Waals surface area (Å²) < 4.78 is 10.4. The molecule has 1 aromatic rings. The SMILES string of the molecule is CN[C@@H](C(=O)OC)[C@@H](O)c1ccc(OC)c(Br)c1. The van der Waals surface area contributed by atoms with E-state index >= 15 is 0 Å². The highest BCUT2D eigenvalue weighted by Gasteiger charge is 2.27. The minimum absolute atomic E-state index is 0.517. The molecule has 0 aromatic heterocycles. The predicted molar refractivity (Wildman–Crippen MR) is 70.5 cm³/mol. The van der Waals surface area contributed by atoms with Crippen LogP contribution in [-0.4, -0.2) is 38.4 Å². The molecule has 0 unspecified atom stereocenters. The van der Waals surface area contributed by atoms with Gasteiger partial charge in [0.05, 0.1) is 18.7 Å². The summed E-state index contributed by atoms with van der Waals surface area (Å²) in [4.78, 5) is 11.5. The number of rotatable bonds is 5. The lowest BCUT2D eigenvalue weighted by Crippen LogP contribution is -2.40. The number of aliphatic hydroxyl groups excluding tert-OH is 1. The Balaban J connectivity index is 2.98. The Bertz CT molecular complexity index is 425. The van der Waals surface area contributed by atoms with Gasteiger partial charge >= 0.3 is 5.97 Å². The zero-order chi connectivity index (χ0) is 13.7. The molecule has 0 aliphatic rings. The van der Waals surface area contributed by atoms with Gasteiger partial charge in [0.25, 0.3) is 0 Å². The van der Waals surface area contributed by atoms with Gasteiger partial charge in [0.15, 0.2) is 0 Å². The number of aliphatic hydroxyl groups is 1. The fourth-order valence-corrected chi connectivity index (χ4v) is 2.15. The quantitative estimate of drug-likeness (QED) is 0.800. The average Bonchev–Trinajstić information content (AvgIpc) is 2.38. The first-order valence-corrected chi connectivity index (χ1v) is 6.11. The fourth-order valence-electron chi connectivity index (χ4n) is 1.59. The highest BCUT2D eigenvalue weighted by molar-refractivity contribution is 9.10. The van der Waals surface area contributed by atoms with Crippen molar-refractivity contribution in [2.24, 2.45) is 0 Å². The minimum Gasteiger partial charge on any atom is -0.496 e. The number of likely N-dealkylation sites (N-methyl/N-ethyl adjacent to an activating group) is 1. The number of carbonyl (C=O) groups excluding carboxylic acids is 1. The van der Waals surface area contributed by atoms with Crippen LogP contribution in [0.4, 0.5) is 0 Å². The lowest BCUT2D eigenvalue weighted by Gasteiger charge is -2.20. The Morgan fingerprint density at radius 3 is 2.56 bits per heavy atom. The summed E-state index contributed by atoms with van der Waals surface area (Å²) in [6.07, 6.45) is -0.996. The number of hydrogen-bond donors (Lipinski definition) is 2. The van der Waals surface area contributed by atoms with E-state index in [-0.39, 0.29) is 0 Å². The molecule has 0 radical (unpaired) electrons. The summed E-state index contributed by atoms with van der Waals surface area (Å²) in [5, 5.41) is 12.9. The second-order valence-electron chi connectivity index (χ2n) is 3.63. The molecular weight excluding hydrogens is 302 g/mol. The summed E-state index contributed by atoms with van der Waals surface area (Å²) in [6.45, 7) is 0. The van der Waals surface area contributed by atoms with Gasteiger partial charge in [0, 0.05) is 0 Å². The maximum absolute atomic E-state index is 11.5. The molecule has 1 aromatic carbocycles. The molecule has 5 nitrogen and oxygen atoms in total. The van der Waals surface area contributed by atoms with Gasteiger partial charge in [-0.2, -0.15) is 0 Å². The normalized spacial score (nSPS) is 13.8. The molecule has 2 atom stereocenters. The smallest absolute Gasteiger partial charge is 0.325 e. The second kappa shape index (κ2) is 6.72. The monoisotopic (exact) mass is 317 g/mol. The minimum atomic E-state index is -0.996. The van der Waals surface area contributed by atoms with E-state index in [1.807, 2.05) is 0 Å². The summed E-state index contributed by atoms with van der Waals surface area (Å²) >= 11 is 3.33. The fraction of sp³-hybridized carbons (Fsp3) is 0.417. The van der Waals surface area contributed by atoms with E-state index in [9.17, 15) is 9.90 Å². The molecule has 0 saturated carbocycles. The van der Waals surface area contributed by atoms with Crippen LogP contribution in [0.25, 0.3) is 0 Å². The van der Waals surface area contributed by atoms with Gasteiger partial charge in [-0.1, -0.05) is 6.07 Å². The van der Waals surface area contributed by atoms with Crippen molar-refractivity contribution in [3.8, 4) is 5.75 Å². The van der Waals surface area contributed by atoms with Crippen molar-refractivity contribution in [2.75, 3.05) is 21.3 Å². The number of halogens is 1. The first kappa shape index (κ1) is 14.9. The predicted octanol–water partition coefficient (Wildman–Crippen LogP) is 1.25. The van der Waals surface area contributed by atoms with E-state index in [2.05, 4.69) is 26.0 Å². The lowest BCUT2D eigenvalue weighted by atomic mass is 10.0. The summed E-state index contributed by atoms with van der Waals surface area (Å²) in [5.74, 6) is 0.141. The standard InChI is InChI=1S/C12H16BrNO4/c1-14-10(12(16)18-3)11(15)7-4-5-9(17-2)8(13)6-7/h4-6,10-11,14-15H,1-3H3/t10-,11+/m1/s1. The molecule has 0 bridgehead atoms. The van der Waals surface area contributed by atoms with Gasteiger partial charge in [0.1, 0.15) is 17.9 Å². The highest BCUT2D eigenvalue weighted by atomic mass is 79.9. The van der Waals surface area contributed by atoms with E-state index in [0.29, 0.717) is 15.8 Å². The summed E-state index contributed by atoms with van der Waals surface area (Å²) in [6, 6.07) is 4.31. The largest absolute Gasteiger partial charge is 0.496 e. The van der Waals surface area contributed by atoms with E-state index in [1.54, 1.807) is 32.4 Å². The molecule has 0 aliphatic carbocycles. The molecular formula is C12H16BrNO4. The van der Waals surface area contributed by atoms with Crippen molar-refractivity contribution in [1.82, 2.24) is 5.32 Å². The maximum atomic E-state index is 11.5. The maximum Gasteiger partial charge on any atom is 0.325 e. The van der Waals surface area contributed by atoms with Crippen molar-refractivity contribution in [1.29, 1.82) is 0 Å². The summed E-state index contributed by atoms with van der Waals surface area (Å²) in [5.41, 5.74) is 0.590. The third-order valence-electron chi connectivity index (χ3n) is 2.60. The number of esters is 1. The van der Waals surface area contributed by atoms with Crippen LogP contribution in [0.5, 0.6) is 5.75 Å². The highest BCUT2D eigenvalue weighted by Crippen LogP contribution is 2.29. The van der Waals surface area contributed by atoms with Gasteiger partial charge in [-0.3, -0.25) is 4.79 Å². The number of ether oxygens (including phenoxy) is 2. The van der Waals surface area contributed by atoms with E-state index in [0.717, 1.165) is 0 Å². The summed E-state index contributed by atoms with van der Waals surface area (Å²) in [7, 11) is 4.42.